The average molecular weight is 755 g/mol. The second kappa shape index (κ2) is 12.0. The Morgan fingerprint density at radius 2 is 1.33 bits per heavy atom. The number of methoxy groups -OCH3 is 4. The fourth-order valence-electron chi connectivity index (χ4n) is 9.33. The number of hydrogen-bond donors (Lipinski definition) is 3. The van der Waals surface area contributed by atoms with Crippen LogP contribution in [0.25, 0.3) is 0 Å². The van der Waals surface area contributed by atoms with Crippen LogP contribution in [0.3, 0.4) is 0 Å². The number of fused-ring (bicyclic) bond motifs is 10. The first-order valence-electron chi connectivity index (χ1n) is 17.9. The predicted octanol–water partition coefficient (Wildman–Crippen LogP) is 3.54. The fraction of sp³-hybridized carbons (Fsp3) is 0.375. The minimum atomic E-state index is -2.35. The highest BCUT2D eigenvalue weighted by Gasteiger charge is 2.62. The number of carbonyl (C=O) groups is 1. The van der Waals surface area contributed by atoms with Gasteiger partial charge < -0.3 is 62.9 Å². The van der Waals surface area contributed by atoms with Crippen molar-refractivity contribution >= 4 is 5.91 Å². The van der Waals surface area contributed by atoms with E-state index in [1.54, 1.807) is 46.2 Å². The summed E-state index contributed by atoms with van der Waals surface area (Å²) in [6.45, 7) is 0.424. The smallest absolute Gasteiger partial charge is 0.258 e. The van der Waals surface area contributed by atoms with E-state index in [1.165, 1.54) is 28.4 Å². The molecule has 4 aromatic rings. The van der Waals surface area contributed by atoms with Crippen molar-refractivity contribution in [3.05, 3.63) is 93.0 Å². The van der Waals surface area contributed by atoms with Gasteiger partial charge in [0.25, 0.3) is 5.91 Å². The number of benzene rings is 4. The van der Waals surface area contributed by atoms with Gasteiger partial charge in [0.15, 0.2) is 51.7 Å². The Bertz CT molecular complexity index is 2300. The number of amides is 1. The van der Waals surface area contributed by atoms with Crippen molar-refractivity contribution in [3.8, 4) is 46.0 Å². The fourth-order valence-corrected chi connectivity index (χ4v) is 9.33. The average Bonchev–Trinajstić information content (AvgIpc) is 3.87. The first-order valence-corrected chi connectivity index (χ1v) is 17.9. The molecule has 0 aromatic heterocycles. The first kappa shape index (κ1) is 34.1. The van der Waals surface area contributed by atoms with Crippen molar-refractivity contribution in [1.82, 2.24) is 9.80 Å². The van der Waals surface area contributed by atoms with Gasteiger partial charge in [-0.2, -0.15) is 0 Å². The Labute approximate surface area is 314 Å². The molecule has 6 aliphatic rings. The van der Waals surface area contributed by atoms with Gasteiger partial charge in [0.2, 0.25) is 19.4 Å². The summed E-state index contributed by atoms with van der Waals surface area (Å²) in [5, 5.41) is 39.1. The molecule has 6 aliphatic heterocycles. The molecule has 286 valence electrons. The molecule has 15 heteroatoms. The summed E-state index contributed by atoms with van der Waals surface area (Å²) in [6.07, 6.45) is -2.00. The standard InChI is InChI=1S/C40H38N2O13/c1-47-25-7-5-21-31(33(25)49-3)38(42-12-10-20-14-28-30(54-18-52-28)16-24(20)39(42,45)36(21)43)55-40(46)23-6-8-26(48-2)34(50-4)32(23)37(44)41-11-9-19-13-27-29(53-17-51-27)15-22(19)35(40)41/h5-8,13-16,35-36,38,43,45-46H,9-12,17-18H2,1-4H3. The van der Waals surface area contributed by atoms with Crippen LogP contribution in [-0.4, -0.2) is 86.1 Å². The van der Waals surface area contributed by atoms with Crippen LogP contribution in [0.15, 0.2) is 48.5 Å². The summed E-state index contributed by atoms with van der Waals surface area (Å²) in [4.78, 5) is 17.9. The number of aliphatic hydroxyl groups is 3. The Balaban J connectivity index is 1.23. The van der Waals surface area contributed by atoms with Crippen molar-refractivity contribution in [1.29, 1.82) is 0 Å². The van der Waals surface area contributed by atoms with Crippen molar-refractivity contribution in [2.24, 2.45) is 0 Å². The maximum atomic E-state index is 14.7. The van der Waals surface area contributed by atoms with Crippen LogP contribution in [0.5, 0.6) is 46.0 Å². The van der Waals surface area contributed by atoms with Gasteiger partial charge in [-0.15, -0.1) is 0 Å². The van der Waals surface area contributed by atoms with Gasteiger partial charge >= 0.3 is 0 Å². The molecule has 1 amide bonds. The van der Waals surface area contributed by atoms with Crippen LogP contribution in [0.1, 0.15) is 67.7 Å². The number of nitrogens with zero attached hydrogens (tertiary/aromatic N) is 2. The Kier molecular flexibility index (Phi) is 7.45. The second-order valence-electron chi connectivity index (χ2n) is 14.2. The molecule has 55 heavy (non-hydrogen) atoms. The van der Waals surface area contributed by atoms with E-state index in [4.69, 9.17) is 42.6 Å². The monoisotopic (exact) mass is 754 g/mol. The van der Waals surface area contributed by atoms with E-state index < -0.39 is 35.8 Å². The normalized spacial score (nSPS) is 26.6. The van der Waals surface area contributed by atoms with Crippen LogP contribution in [0.4, 0.5) is 0 Å². The number of rotatable bonds is 6. The number of ether oxygens (including phenoxy) is 9. The van der Waals surface area contributed by atoms with Crippen LogP contribution in [0, 0.1) is 0 Å². The summed E-state index contributed by atoms with van der Waals surface area (Å²) in [7, 11) is 5.86. The molecule has 15 nitrogen and oxygen atoms in total. The Hall–Kier alpha value is -5.45. The molecule has 0 saturated carbocycles. The zero-order chi connectivity index (χ0) is 38.0. The lowest BCUT2D eigenvalue weighted by atomic mass is 9.76. The first-order chi connectivity index (χ1) is 26.7. The zero-order valence-corrected chi connectivity index (χ0v) is 30.4. The molecule has 0 bridgehead atoms. The highest BCUT2D eigenvalue weighted by Crippen LogP contribution is 2.61. The summed E-state index contributed by atoms with van der Waals surface area (Å²) >= 11 is 0. The molecule has 4 aromatic carbocycles. The second-order valence-corrected chi connectivity index (χ2v) is 14.2. The van der Waals surface area contributed by atoms with Gasteiger partial charge in [-0.25, -0.2) is 4.90 Å². The van der Waals surface area contributed by atoms with Crippen LogP contribution >= 0.6 is 0 Å². The van der Waals surface area contributed by atoms with Crippen molar-refractivity contribution in [2.45, 2.75) is 42.7 Å². The van der Waals surface area contributed by atoms with E-state index in [0.717, 1.165) is 11.1 Å². The molecule has 0 saturated heterocycles. The Morgan fingerprint density at radius 1 is 0.709 bits per heavy atom. The highest BCUT2D eigenvalue weighted by molar-refractivity contribution is 6.01. The highest BCUT2D eigenvalue weighted by atomic mass is 16.7. The molecule has 10 rings (SSSR count). The van der Waals surface area contributed by atoms with Gasteiger partial charge in [-0.3, -0.25) is 4.79 Å². The van der Waals surface area contributed by atoms with E-state index in [0.29, 0.717) is 58.3 Å². The minimum Gasteiger partial charge on any atom is -0.493 e. The lowest BCUT2D eigenvalue weighted by molar-refractivity contribution is -0.345. The molecule has 6 heterocycles. The molecule has 5 atom stereocenters. The minimum absolute atomic E-state index is 0.0215. The van der Waals surface area contributed by atoms with E-state index >= 15 is 0 Å². The summed E-state index contributed by atoms with van der Waals surface area (Å²) in [5.41, 5.74) is 1.23. The van der Waals surface area contributed by atoms with E-state index in [1.807, 2.05) is 12.1 Å². The van der Waals surface area contributed by atoms with E-state index in [2.05, 4.69) is 0 Å². The molecule has 0 fully saturated rings. The van der Waals surface area contributed by atoms with Crippen LogP contribution < -0.4 is 37.9 Å². The molecule has 0 radical (unpaired) electrons. The van der Waals surface area contributed by atoms with E-state index in [-0.39, 0.29) is 60.6 Å². The molecule has 0 spiro atoms. The summed E-state index contributed by atoms with van der Waals surface area (Å²) in [5.74, 6) is 0.227. The zero-order valence-electron chi connectivity index (χ0n) is 30.4. The van der Waals surface area contributed by atoms with Gasteiger partial charge in [0.05, 0.1) is 34.0 Å². The third-order valence-electron chi connectivity index (χ3n) is 11.8. The van der Waals surface area contributed by atoms with Gasteiger partial charge in [0.1, 0.15) is 18.4 Å². The number of hydrogen-bond acceptors (Lipinski definition) is 14. The molecule has 3 N–H and O–H groups in total. The number of aliphatic hydroxyl groups excluding tert-OH is 1. The van der Waals surface area contributed by atoms with Crippen LogP contribution in [0.2, 0.25) is 0 Å². The van der Waals surface area contributed by atoms with Gasteiger partial charge in [0, 0.05) is 29.8 Å². The van der Waals surface area contributed by atoms with Crippen molar-refractivity contribution in [3.63, 3.8) is 0 Å². The molecule has 5 unspecified atom stereocenters. The largest absolute Gasteiger partial charge is 0.493 e. The van der Waals surface area contributed by atoms with Gasteiger partial charge in [-0.1, -0.05) is 6.07 Å². The topological polar surface area (TPSA) is 167 Å². The maximum absolute atomic E-state index is 14.7. The van der Waals surface area contributed by atoms with Gasteiger partial charge in [-0.05, 0) is 77.6 Å². The predicted molar refractivity (Wildman–Crippen MR) is 189 cm³/mol. The van der Waals surface area contributed by atoms with E-state index in [9.17, 15) is 20.1 Å². The van der Waals surface area contributed by atoms with Crippen LogP contribution in [-0.2, 0) is 29.1 Å². The molecular formula is C40H38N2O13. The summed E-state index contributed by atoms with van der Waals surface area (Å²) in [6, 6.07) is 12.5. The number of carbonyl (C=O) groups excluding carboxylic acids is 1. The van der Waals surface area contributed by atoms with Crippen molar-refractivity contribution in [2.75, 3.05) is 55.1 Å². The van der Waals surface area contributed by atoms with Crippen molar-refractivity contribution < 1.29 is 62.7 Å². The SMILES string of the molecule is COc1ccc2c(c1OC)C(=O)N1CCc3cc4c(cc3C1C2(O)OC1c2c(ccc(OC)c2OC)C(O)C2(O)c3cc5c(cc3CCN12)OCO5)OCO4. The maximum Gasteiger partial charge on any atom is 0.258 e. The molecular weight excluding hydrogens is 716 g/mol. The lowest BCUT2D eigenvalue weighted by Gasteiger charge is -2.57. The quantitative estimate of drug-likeness (QED) is 0.245. The lowest BCUT2D eigenvalue weighted by Crippen LogP contribution is -2.62. The molecule has 0 aliphatic carbocycles. The third-order valence-corrected chi connectivity index (χ3v) is 11.8. The third kappa shape index (κ3) is 4.46. The summed E-state index contributed by atoms with van der Waals surface area (Å²) < 4.78 is 53.2. The Morgan fingerprint density at radius 3 is 2.02 bits per heavy atom.